The van der Waals surface area contributed by atoms with Crippen molar-refractivity contribution >= 4 is 44.2 Å². The summed E-state index contributed by atoms with van der Waals surface area (Å²) in [5.41, 5.74) is 5.81. The predicted octanol–water partition coefficient (Wildman–Crippen LogP) is 5.64. The number of thiazole rings is 1. The van der Waals surface area contributed by atoms with Crippen LogP contribution >= 0.6 is 11.3 Å². The molecule has 0 aliphatic rings. The second kappa shape index (κ2) is 9.06. The van der Waals surface area contributed by atoms with Gasteiger partial charge in [-0.1, -0.05) is 53.8 Å². The van der Waals surface area contributed by atoms with Crippen molar-refractivity contribution in [2.45, 2.75) is 0 Å². The Morgan fingerprint density at radius 3 is 2.40 bits per heavy atom. The number of hydrogen-bond acceptors (Lipinski definition) is 7. The lowest BCUT2D eigenvalue weighted by Crippen LogP contribution is -2.02. The quantitative estimate of drug-likeness (QED) is 0.150. The number of rotatable bonds is 5. The summed E-state index contributed by atoms with van der Waals surface area (Å²) in [5.74, 6) is 0.0200. The van der Waals surface area contributed by atoms with Crippen molar-refractivity contribution < 1.29 is 9.53 Å². The smallest absolute Gasteiger partial charge is 0.337 e. The molecule has 30 heavy (non-hydrogen) atoms. The third-order valence-corrected chi connectivity index (χ3v) is 5.06. The largest absolute Gasteiger partial charge is 0.465 e. The molecule has 0 saturated heterocycles. The minimum Gasteiger partial charge on any atom is -0.465 e. The van der Waals surface area contributed by atoms with Crippen LogP contribution < -0.4 is 5.43 Å². The monoisotopic (exact) mass is 415 g/mol. The molecule has 0 fully saturated rings. The zero-order chi connectivity index (χ0) is 20.8. The highest BCUT2D eigenvalue weighted by molar-refractivity contribution is 7.21. The van der Waals surface area contributed by atoms with Crippen LogP contribution in [0.15, 0.2) is 94.2 Å². The van der Waals surface area contributed by atoms with E-state index in [9.17, 15) is 4.79 Å². The molecule has 4 aromatic rings. The molecule has 0 aliphatic carbocycles. The molecule has 0 bridgehead atoms. The second-order valence-corrected chi connectivity index (χ2v) is 7.16. The number of benzene rings is 3. The molecular formula is C22H17N5O2S. The maximum atomic E-state index is 11.6. The van der Waals surface area contributed by atoms with Crippen LogP contribution in [-0.2, 0) is 4.74 Å². The maximum Gasteiger partial charge on any atom is 0.337 e. The average Bonchev–Trinajstić information content (AvgIpc) is 3.22. The van der Waals surface area contributed by atoms with Gasteiger partial charge >= 0.3 is 5.97 Å². The molecular weight excluding hydrogens is 398 g/mol. The lowest BCUT2D eigenvalue weighted by Gasteiger charge is -2.04. The number of hydrazone groups is 1. The standard InChI is InChI=1S/C22H17N5O2S/c1-29-21(28)16-11-13-17(14-12-16)24-25-20(15-7-3-2-4-8-15)26-27-22-23-18-9-5-6-10-19(18)30-22/h2-14,24H,1H3/b25-20+,27-26?. The van der Waals surface area contributed by atoms with Gasteiger partial charge in [0, 0.05) is 5.56 Å². The molecule has 0 radical (unpaired) electrons. The summed E-state index contributed by atoms with van der Waals surface area (Å²) in [6, 6.07) is 24.2. The zero-order valence-electron chi connectivity index (χ0n) is 16.0. The zero-order valence-corrected chi connectivity index (χ0v) is 16.8. The SMILES string of the molecule is COC(=O)c1ccc(N/N=C(/N=Nc2nc3ccccc3s2)c2ccccc2)cc1. The lowest BCUT2D eigenvalue weighted by atomic mass is 10.2. The van der Waals surface area contributed by atoms with E-state index in [0.29, 0.717) is 22.2 Å². The van der Waals surface area contributed by atoms with Crippen molar-refractivity contribution in [3.63, 3.8) is 0 Å². The number of fused-ring (bicyclic) bond motifs is 1. The molecule has 0 aliphatic heterocycles. The number of hydrogen-bond donors (Lipinski definition) is 1. The van der Waals surface area contributed by atoms with Crippen molar-refractivity contribution in [1.82, 2.24) is 4.98 Å². The number of esters is 1. The van der Waals surface area contributed by atoms with Gasteiger partial charge in [0.05, 0.1) is 28.6 Å². The summed E-state index contributed by atoms with van der Waals surface area (Å²) in [7, 11) is 1.35. The number of nitrogens with one attached hydrogen (secondary N) is 1. The Kier molecular flexibility index (Phi) is 5.86. The van der Waals surface area contributed by atoms with Crippen LogP contribution in [0.3, 0.4) is 0 Å². The van der Waals surface area contributed by atoms with Crippen LogP contribution in [0.2, 0.25) is 0 Å². The summed E-state index contributed by atoms with van der Waals surface area (Å²) in [6.45, 7) is 0. The number of ether oxygens (including phenoxy) is 1. The second-order valence-electron chi connectivity index (χ2n) is 6.15. The third-order valence-electron chi connectivity index (χ3n) is 4.14. The van der Waals surface area contributed by atoms with E-state index in [1.807, 2.05) is 54.6 Å². The normalized spacial score (nSPS) is 11.7. The van der Waals surface area contributed by atoms with E-state index in [-0.39, 0.29) is 5.97 Å². The molecule has 0 saturated carbocycles. The molecule has 3 aromatic carbocycles. The lowest BCUT2D eigenvalue weighted by molar-refractivity contribution is 0.0601. The molecule has 7 nitrogen and oxygen atoms in total. The van der Waals surface area contributed by atoms with Crippen LogP contribution in [0.1, 0.15) is 15.9 Å². The number of nitrogens with zero attached hydrogens (tertiary/aromatic N) is 4. The van der Waals surface area contributed by atoms with E-state index in [1.165, 1.54) is 18.4 Å². The Morgan fingerprint density at radius 2 is 1.67 bits per heavy atom. The van der Waals surface area contributed by atoms with Crippen LogP contribution in [0.25, 0.3) is 10.2 Å². The Hall–Kier alpha value is -3.91. The van der Waals surface area contributed by atoms with E-state index in [2.05, 4.69) is 25.7 Å². The third kappa shape index (κ3) is 4.56. The minimum absolute atomic E-state index is 0.389. The number of aromatic nitrogens is 1. The summed E-state index contributed by atoms with van der Waals surface area (Å²) in [6.07, 6.45) is 0. The van der Waals surface area contributed by atoms with E-state index >= 15 is 0 Å². The molecule has 148 valence electrons. The average molecular weight is 415 g/mol. The van der Waals surface area contributed by atoms with Gasteiger partial charge in [0.25, 0.3) is 0 Å². The number of amidine groups is 1. The van der Waals surface area contributed by atoms with E-state index in [4.69, 9.17) is 4.74 Å². The van der Waals surface area contributed by atoms with Gasteiger partial charge in [-0.15, -0.1) is 10.2 Å². The van der Waals surface area contributed by atoms with Gasteiger partial charge in [0.15, 0.2) is 0 Å². The highest BCUT2D eigenvalue weighted by Gasteiger charge is 2.06. The Balaban J connectivity index is 1.59. The van der Waals surface area contributed by atoms with Crippen molar-refractivity contribution in [2.24, 2.45) is 15.3 Å². The molecule has 0 atom stereocenters. The summed E-state index contributed by atoms with van der Waals surface area (Å²) in [4.78, 5) is 16.0. The van der Waals surface area contributed by atoms with E-state index in [0.717, 1.165) is 15.8 Å². The number of carbonyl (C=O) groups excluding carboxylic acids is 1. The summed E-state index contributed by atoms with van der Waals surface area (Å²) in [5, 5.41) is 13.6. The Labute approximate surface area is 176 Å². The van der Waals surface area contributed by atoms with Gasteiger partial charge in [0.1, 0.15) is 0 Å². The first kappa shape index (κ1) is 19.4. The maximum absolute atomic E-state index is 11.6. The van der Waals surface area contributed by atoms with Gasteiger partial charge in [-0.2, -0.15) is 5.10 Å². The summed E-state index contributed by atoms with van der Waals surface area (Å²) >= 11 is 1.46. The van der Waals surface area contributed by atoms with Gasteiger partial charge in [-0.05, 0) is 36.4 Å². The first-order valence-electron chi connectivity index (χ1n) is 9.08. The van der Waals surface area contributed by atoms with Crippen molar-refractivity contribution in [1.29, 1.82) is 0 Å². The van der Waals surface area contributed by atoms with Gasteiger partial charge in [-0.3, -0.25) is 5.43 Å². The number of carbonyl (C=O) groups is 1. The molecule has 1 N–H and O–H groups in total. The van der Waals surface area contributed by atoms with E-state index < -0.39 is 0 Å². The van der Waals surface area contributed by atoms with Gasteiger partial charge < -0.3 is 4.74 Å². The molecule has 4 rings (SSSR count). The fourth-order valence-corrected chi connectivity index (χ4v) is 3.43. The Bertz CT molecular complexity index is 1180. The van der Waals surface area contributed by atoms with Crippen LogP contribution in [-0.4, -0.2) is 23.9 Å². The van der Waals surface area contributed by atoms with Crippen LogP contribution in [0.5, 0.6) is 0 Å². The minimum atomic E-state index is -0.389. The summed E-state index contributed by atoms with van der Waals surface area (Å²) < 4.78 is 5.76. The fraction of sp³-hybridized carbons (Fsp3) is 0.0455. The molecule has 0 spiro atoms. The number of para-hydroxylation sites is 1. The van der Waals surface area contributed by atoms with Gasteiger partial charge in [0.2, 0.25) is 11.0 Å². The molecule has 1 aromatic heterocycles. The van der Waals surface area contributed by atoms with E-state index in [1.54, 1.807) is 24.3 Å². The highest BCUT2D eigenvalue weighted by Crippen LogP contribution is 2.28. The fourth-order valence-electron chi connectivity index (χ4n) is 2.64. The van der Waals surface area contributed by atoms with Crippen molar-refractivity contribution in [2.75, 3.05) is 12.5 Å². The first-order valence-corrected chi connectivity index (χ1v) is 9.89. The predicted molar refractivity (Wildman–Crippen MR) is 119 cm³/mol. The van der Waals surface area contributed by atoms with Crippen molar-refractivity contribution in [3.05, 3.63) is 90.0 Å². The molecule has 0 amide bonds. The number of methoxy groups -OCH3 is 1. The molecule has 1 heterocycles. The van der Waals surface area contributed by atoms with Crippen LogP contribution in [0.4, 0.5) is 10.8 Å². The highest BCUT2D eigenvalue weighted by atomic mass is 32.1. The van der Waals surface area contributed by atoms with Crippen LogP contribution in [0, 0.1) is 0 Å². The number of azo groups is 1. The number of anilines is 1. The topological polar surface area (TPSA) is 88.3 Å². The molecule has 8 heteroatoms. The van der Waals surface area contributed by atoms with Gasteiger partial charge in [-0.25, -0.2) is 9.78 Å². The Morgan fingerprint density at radius 1 is 0.933 bits per heavy atom. The molecule has 0 unspecified atom stereocenters. The van der Waals surface area contributed by atoms with Crippen molar-refractivity contribution in [3.8, 4) is 0 Å². The first-order chi connectivity index (χ1) is 14.7.